The monoisotopic (exact) mass is 504 g/mol. The predicted octanol–water partition coefficient (Wildman–Crippen LogP) is 7.66. The molecular weight excluding hydrogens is 481 g/mol. The quantitative estimate of drug-likeness (QED) is 0.341. The number of hydrogen-bond donors (Lipinski definition) is 0. The van der Waals surface area contributed by atoms with Crippen molar-refractivity contribution in [2.24, 2.45) is 0 Å². The second-order valence-corrected chi connectivity index (χ2v) is 17.2. The van der Waals surface area contributed by atoms with Gasteiger partial charge in [0, 0.05) is 30.4 Å². The first-order valence-electron chi connectivity index (χ1n) is 10.2. The molecule has 0 radical (unpaired) electrons. The molecule has 0 aliphatic carbocycles. The number of aryl methyl sites for hydroxylation is 2. The van der Waals surface area contributed by atoms with Gasteiger partial charge in [0.2, 0.25) is 0 Å². The van der Waals surface area contributed by atoms with Gasteiger partial charge in [0.25, 0.3) is 0 Å². The summed E-state index contributed by atoms with van der Waals surface area (Å²) in [5.41, 5.74) is 3.78. The van der Waals surface area contributed by atoms with E-state index in [1.807, 2.05) is 26.0 Å². The number of carbonyl (C=O) groups is 2. The van der Waals surface area contributed by atoms with Gasteiger partial charge in [-0.3, -0.25) is 9.59 Å². The van der Waals surface area contributed by atoms with Gasteiger partial charge < -0.3 is 0 Å². The first kappa shape index (κ1) is 22.3. The topological polar surface area (TPSA) is 34.1 Å². The Balaban J connectivity index is 1.65. The maximum atomic E-state index is 14.1. The first-order valence-corrected chi connectivity index (χ1v) is 14.8. The van der Waals surface area contributed by atoms with Gasteiger partial charge in [0.15, 0.2) is 19.7 Å². The van der Waals surface area contributed by atoms with Gasteiger partial charge in [-0.1, -0.05) is 44.8 Å². The third-order valence-electron chi connectivity index (χ3n) is 6.24. The van der Waals surface area contributed by atoms with Crippen LogP contribution in [-0.4, -0.2) is 29.2 Å². The fourth-order valence-corrected chi connectivity index (χ4v) is 15.2. The Morgan fingerprint density at radius 3 is 1.42 bits per heavy atom. The lowest BCUT2D eigenvalue weighted by atomic mass is 9.96. The van der Waals surface area contributed by atoms with Crippen LogP contribution >= 0.6 is 56.9 Å². The van der Waals surface area contributed by atoms with E-state index in [1.165, 1.54) is 0 Å². The average Bonchev–Trinajstić information content (AvgIpc) is 3.12. The van der Waals surface area contributed by atoms with Gasteiger partial charge >= 0.3 is 0 Å². The van der Waals surface area contributed by atoms with Gasteiger partial charge in [-0.2, -0.15) is 0 Å². The Bertz CT molecular complexity index is 1070. The van der Waals surface area contributed by atoms with E-state index in [2.05, 4.69) is 52.0 Å². The van der Waals surface area contributed by atoms with Crippen LogP contribution in [0.4, 0.5) is 0 Å². The summed E-state index contributed by atoms with van der Waals surface area (Å²) < 4.78 is -2.16. The molecule has 3 aliphatic heterocycles. The summed E-state index contributed by atoms with van der Waals surface area (Å²) in [6, 6.07) is 12.3. The number of benzene rings is 2. The van der Waals surface area contributed by atoms with Crippen molar-refractivity contribution in [2.75, 3.05) is 0 Å². The van der Waals surface area contributed by atoms with Crippen molar-refractivity contribution in [3.63, 3.8) is 0 Å². The van der Waals surface area contributed by atoms with E-state index in [1.54, 1.807) is 56.9 Å². The number of thioether (sulfide) groups is 3. The van der Waals surface area contributed by atoms with Crippen molar-refractivity contribution in [3.05, 3.63) is 58.7 Å². The highest BCUT2D eigenvalue weighted by Gasteiger charge is 2.71. The Kier molecular flexibility index (Phi) is 5.05. The smallest absolute Gasteiger partial charge is 0.192 e. The highest BCUT2D eigenvalue weighted by molar-refractivity contribution is 8.84. The second-order valence-electron chi connectivity index (χ2n) is 9.38. The molecule has 1 fully saturated rings. The average molecular weight is 505 g/mol. The van der Waals surface area contributed by atoms with E-state index in [9.17, 15) is 9.59 Å². The van der Waals surface area contributed by atoms with Crippen molar-refractivity contribution < 1.29 is 9.59 Å². The second kappa shape index (κ2) is 7.02. The zero-order chi connectivity index (χ0) is 22.4. The van der Waals surface area contributed by atoms with E-state index in [0.29, 0.717) is 0 Å². The van der Waals surface area contributed by atoms with E-state index < -0.39 is 8.16 Å². The lowest BCUT2D eigenvalue weighted by Crippen LogP contribution is -2.55. The summed E-state index contributed by atoms with van der Waals surface area (Å²) in [5.74, 6) is 0.302. The molecule has 2 nitrogen and oxygen atoms in total. The van der Waals surface area contributed by atoms with Gasteiger partial charge in [0.1, 0.15) is 0 Å². The van der Waals surface area contributed by atoms with Gasteiger partial charge in [-0.15, -0.1) is 35.3 Å². The third kappa shape index (κ3) is 2.99. The molecule has 7 heteroatoms. The standard InChI is InChI=1S/C24H24O2S5/c1-13-7-9-17-15(11-13)19(25)23(21(3,4)27-17)29-24(31-30-23)20(26)16-12-14(2)8-10-18(16)28-22(24,5)6/h7-12H,1-6H3/t23-,24+. The van der Waals surface area contributed by atoms with Crippen LogP contribution in [0.15, 0.2) is 46.2 Å². The van der Waals surface area contributed by atoms with Crippen LogP contribution < -0.4 is 0 Å². The molecule has 0 aromatic heterocycles. The lowest BCUT2D eigenvalue weighted by molar-refractivity contribution is 0.0959. The number of Topliss-reactive ketones (excluding diaryl/α,β-unsaturated/α-hetero) is 2. The first-order chi connectivity index (χ1) is 14.4. The van der Waals surface area contributed by atoms with Crippen molar-refractivity contribution in [2.45, 2.75) is 69.0 Å². The SMILES string of the molecule is Cc1ccc2c(c1)C(=O)[C@@]1(SS[C@@]3(S1)C(=O)c1cc(C)ccc1SC3(C)C)C(C)(C)S2. The van der Waals surface area contributed by atoms with Crippen LogP contribution in [0.1, 0.15) is 59.5 Å². The summed E-state index contributed by atoms with van der Waals surface area (Å²) in [6.45, 7) is 12.7. The number of rotatable bonds is 0. The van der Waals surface area contributed by atoms with Crippen LogP contribution in [-0.2, 0) is 0 Å². The van der Waals surface area contributed by atoms with E-state index >= 15 is 0 Å². The molecular formula is C24H24O2S5. The summed E-state index contributed by atoms with van der Waals surface area (Å²) in [4.78, 5) is 30.2. The van der Waals surface area contributed by atoms with E-state index in [-0.39, 0.29) is 21.1 Å². The van der Waals surface area contributed by atoms with Crippen LogP contribution in [0.2, 0.25) is 0 Å². The van der Waals surface area contributed by atoms with Crippen LogP contribution in [0.3, 0.4) is 0 Å². The third-order valence-corrected chi connectivity index (χ3v) is 16.8. The summed E-state index contributed by atoms with van der Waals surface area (Å²) in [7, 11) is 3.23. The normalized spacial score (nSPS) is 30.5. The predicted molar refractivity (Wildman–Crippen MR) is 139 cm³/mol. The zero-order valence-corrected chi connectivity index (χ0v) is 22.4. The molecule has 0 saturated carbocycles. The molecule has 0 amide bonds. The van der Waals surface area contributed by atoms with Crippen molar-refractivity contribution in [1.29, 1.82) is 0 Å². The molecule has 2 aromatic carbocycles. The molecule has 2 spiro atoms. The van der Waals surface area contributed by atoms with Gasteiger partial charge in [0.05, 0.1) is 0 Å². The van der Waals surface area contributed by atoms with Gasteiger partial charge in [-0.05, 0) is 65.8 Å². The summed E-state index contributed by atoms with van der Waals surface area (Å²) in [5, 5.41) is 0. The number of carbonyl (C=O) groups excluding carboxylic acids is 2. The minimum absolute atomic E-state index is 0.151. The minimum atomic E-state index is -0.724. The Morgan fingerprint density at radius 1 is 0.645 bits per heavy atom. The minimum Gasteiger partial charge on any atom is -0.291 e. The van der Waals surface area contributed by atoms with Crippen LogP contribution in [0.25, 0.3) is 0 Å². The van der Waals surface area contributed by atoms with Crippen molar-refractivity contribution in [3.8, 4) is 0 Å². The molecule has 2 atom stereocenters. The molecule has 3 aliphatic rings. The highest BCUT2D eigenvalue weighted by Crippen LogP contribution is 2.78. The summed E-state index contributed by atoms with van der Waals surface area (Å²) in [6.07, 6.45) is 0. The largest absolute Gasteiger partial charge is 0.291 e. The van der Waals surface area contributed by atoms with E-state index in [4.69, 9.17) is 0 Å². The Hall–Kier alpha value is -0.470. The summed E-state index contributed by atoms with van der Waals surface area (Å²) >= 11 is 5.14. The molecule has 1 saturated heterocycles. The molecule has 0 bridgehead atoms. The Labute approximate surface area is 204 Å². The fourth-order valence-electron chi connectivity index (χ4n) is 4.37. The number of ketones is 2. The highest BCUT2D eigenvalue weighted by atomic mass is 33.1. The molecule has 5 rings (SSSR count). The van der Waals surface area contributed by atoms with Crippen molar-refractivity contribution >= 4 is 68.4 Å². The molecule has 0 N–H and O–H groups in total. The lowest BCUT2D eigenvalue weighted by Gasteiger charge is -2.48. The Morgan fingerprint density at radius 2 is 1.03 bits per heavy atom. The maximum absolute atomic E-state index is 14.1. The molecule has 162 valence electrons. The maximum Gasteiger partial charge on any atom is 0.192 e. The van der Waals surface area contributed by atoms with Crippen LogP contribution in [0, 0.1) is 13.8 Å². The molecule has 31 heavy (non-hydrogen) atoms. The van der Waals surface area contributed by atoms with Gasteiger partial charge in [-0.25, -0.2) is 0 Å². The fraction of sp³-hybridized carbons (Fsp3) is 0.417. The molecule has 3 heterocycles. The number of hydrogen-bond acceptors (Lipinski definition) is 7. The van der Waals surface area contributed by atoms with Crippen LogP contribution in [0.5, 0.6) is 0 Å². The molecule has 2 aromatic rings. The molecule has 0 unspecified atom stereocenters. The van der Waals surface area contributed by atoms with E-state index in [0.717, 1.165) is 32.0 Å². The number of fused-ring (bicyclic) bond motifs is 2. The van der Waals surface area contributed by atoms with Crippen molar-refractivity contribution in [1.82, 2.24) is 0 Å². The zero-order valence-electron chi connectivity index (χ0n) is 18.3.